The Morgan fingerprint density at radius 3 is 2.54 bits per heavy atom. The molecule has 0 amide bonds. The molecule has 130 valence electrons. The lowest BCUT2D eigenvalue weighted by molar-refractivity contribution is -0.520. The van der Waals surface area contributed by atoms with Crippen LogP contribution in [0.2, 0.25) is 0 Å². The van der Waals surface area contributed by atoms with Crippen LogP contribution in [0, 0.1) is 13.8 Å². The standard InChI is InChI=1S/C20H19N5O/c1-13-8-10-16(11-9-13)22-19-23-18(15-6-4-3-5-7-15)25-17(26)12-14(2)21-20(25)24-19/h3-12,18H,1-2H3,(H2,21,22,23,24)/p+1/t18-/m1/s1. The molecule has 0 spiro atoms. The summed E-state index contributed by atoms with van der Waals surface area (Å²) in [7, 11) is 0. The third kappa shape index (κ3) is 3.09. The van der Waals surface area contributed by atoms with Crippen LogP contribution in [0.5, 0.6) is 0 Å². The third-order valence-electron chi connectivity index (χ3n) is 4.29. The van der Waals surface area contributed by atoms with Gasteiger partial charge in [0.1, 0.15) is 0 Å². The average Bonchev–Trinajstić information content (AvgIpc) is 2.63. The number of nitrogens with one attached hydrogen (secondary N) is 3. The summed E-state index contributed by atoms with van der Waals surface area (Å²) in [6, 6.07) is 19.5. The summed E-state index contributed by atoms with van der Waals surface area (Å²) in [5.41, 5.74) is 3.70. The number of aromatic nitrogens is 2. The van der Waals surface area contributed by atoms with Crippen LogP contribution in [-0.2, 0) is 0 Å². The van der Waals surface area contributed by atoms with Crippen LogP contribution >= 0.6 is 0 Å². The monoisotopic (exact) mass is 346 g/mol. The van der Waals surface area contributed by atoms with Crippen molar-refractivity contribution in [2.75, 3.05) is 10.6 Å². The van der Waals surface area contributed by atoms with Crippen molar-refractivity contribution in [1.29, 1.82) is 0 Å². The number of nitrogens with zero attached hydrogens (tertiary/aromatic N) is 2. The molecule has 1 aliphatic rings. The van der Waals surface area contributed by atoms with Crippen molar-refractivity contribution in [3.05, 3.63) is 87.8 Å². The zero-order valence-corrected chi connectivity index (χ0v) is 14.7. The van der Waals surface area contributed by atoms with E-state index in [4.69, 9.17) is 0 Å². The summed E-state index contributed by atoms with van der Waals surface area (Å²) < 4.78 is 1.63. The van der Waals surface area contributed by atoms with E-state index in [0.29, 0.717) is 17.6 Å². The zero-order valence-electron chi connectivity index (χ0n) is 14.7. The summed E-state index contributed by atoms with van der Waals surface area (Å²) in [6.45, 7) is 3.87. The van der Waals surface area contributed by atoms with Crippen LogP contribution in [0.25, 0.3) is 0 Å². The van der Waals surface area contributed by atoms with E-state index in [1.54, 1.807) is 10.6 Å². The first-order valence-electron chi connectivity index (χ1n) is 8.49. The van der Waals surface area contributed by atoms with Crippen LogP contribution in [0.3, 0.4) is 0 Å². The van der Waals surface area contributed by atoms with Crippen LogP contribution in [0.4, 0.5) is 11.6 Å². The van der Waals surface area contributed by atoms with Gasteiger partial charge in [0.25, 0.3) is 11.5 Å². The minimum Gasteiger partial charge on any atom is -0.269 e. The predicted molar refractivity (Wildman–Crippen MR) is 102 cm³/mol. The molecule has 0 saturated heterocycles. The first kappa shape index (κ1) is 16.1. The van der Waals surface area contributed by atoms with Crippen molar-refractivity contribution in [3.8, 4) is 0 Å². The molecule has 26 heavy (non-hydrogen) atoms. The Bertz CT molecular complexity index is 1020. The zero-order chi connectivity index (χ0) is 18.1. The lowest BCUT2D eigenvalue weighted by Gasteiger charge is -2.23. The van der Waals surface area contributed by atoms with E-state index in [1.807, 2.05) is 61.5 Å². The average molecular weight is 346 g/mol. The second-order valence-electron chi connectivity index (χ2n) is 6.38. The topological polar surface area (TPSA) is 72.9 Å². The highest BCUT2D eigenvalue weighted by Crippen LogP contribution is 2.16. The van der Waals surface area contributed by atoms with Crippen molar-refractivity contribution in [2.45, 2.75) is 20.0 Å². The number of hydrogen-bond donors (Lipinski definition) is 3. The summed E-state index contributed by atoms with van der Waals surface area (Å²) in [6.07, 6.45) is -0.346. The van der Waals surface area contributed by atoms with Gasteiger partial charge in [0.05, 0.1) is 5.69 Å². The summed E-state index contributed by atoms with van der Waals surface area (Å²) >= 11 is 0. The van der Waals surface area contributed by atoms with Crippen molar-refractivity contribution in [3.63, 3.8) is 0 Å². The van der Waals surface area contributed by atoms with E-state index in [0.717, 1.165) is 11.3 Å². The molecule has 0 fully saturated rings. The molecule has 4 rings (SSSR count). The largest absolute Gasteiger partial charge is 0.357 e. The Morgan fingerprint density at radius 1 is 1.08 bits per heavy atom. The van der Waals surface area contributed by atoms with Gasteiger partial charge in [-0.3, -0.25) is 9.79 Å². The van der Waals surface area contributed by atoms with E-state index >= 15 is 0 Å². The van der Waals surface area contributed by atoms with Gasteiger partial charge in [0.15, 0.2) is 6.17 Å². The van der Waals surface area contributed by atoms with Gasteiger partial charge < -0.3 is 0 Å². The Hall–Kier alpha value is -3.41. The smallest absolute Gasteiger partial charge is 0.269 e. The third-order valence-corrected chi connectivity index (χ3v) is 4.29. The molecule has 2 heterocycles. The van der Waals surface area contributed by atoms with Crippen LogP contribution < -0.4 is 21.2 Å². The number of rotatable bonds is 2. The van der Waals surface area contributed by atoms with Gasteiger partial charge in [-0.25, -0.2) is 20.2 Å². The van der Waals surface area contributed by atoms with Crippen LogP contribution in [-0.4, -0.2) is 15.5 Å². The predicted octanol–water partition coefficient (Wildman–Crippen LogP) is 1.38. The molecule has 0 bridgehead atoms. The molecule has 6 nitrogen and oxygen atoms in total. The molecule has 3 N–H and O–H groups in total. The molecule has 2 aromatic carbocycles. The molecule has 1 atom stereocenters. The summed E-state index contributed by atoms with van der Waals surface area (Å²) in [5.74, 6) is 1.19. The highest BCUT2D eigenvalue weighted by molar-refractivity contribution is 5.99. The first-order chi connectivity index (χ1) is 12.6. The molecule has 6 heteroatoms. The van der Waals surface area contributed by atoms with Gasteiger partial charge in [-0.2, -0.15) is 0 Å². The number of guanidine groups is 1. The fraction of sp³-hybridized carbons (Fsp3) is 0.150. The second-order valence-corrected chi connectivity index (χ2v) is 6.38. The summed E-state index contributed by atoms with van der Waals surface area (Å²) in [5, 5.41) is 6.51. The van der Waals surface area contributed by atoms with E-state index in [-0.39, 0.29) is 11.7 Å². The lowest BCUT2D eigenvalue weighted by atomic mass is 10.1. The Kier molecular flexibility index (Phi) is 4.01. The quantitative estimate of drug-likeness (QED) is 0.656. The SMILES string of the molecule is Cc1ccc(NC2=[NH+][C@@H](c3ccccc3)n3c(nc(C)cc3=O)N2)cc1. The number of hydrogen-bond acceptors (Lipinski definition) is 4. The Labute approximate surface area is 151 Å². The van der Waals surface area contributed by atoms with Gasteiger partial charge in [0.2, 0.25) is 0 Å². The second kappa shape index (κ2) is 6.48. The maximum absolute atomic E-state index is 12.6. The molecule has 0 radical (unpaired) electrons. The Balaban J connectivity index is 1.78. The summed E-state index contributed by atoms with van der Waals surface area (Å²) in [4.78, 5) is 20.5. The molecule has 1 aliphatic heterocycles. The Morgan fingerprint density at radius 2 is 1.81 bits per heavy atom. The van der Waals surface area contributed by atoms with E-state index in [9.17, 15) is 4.79 Å². The van der Waals surface area contributed by atoms with E-state index < -0.39 is 0 Å². The lowest BCUT2D eigenvalue weighted by Crippen LogP contribution is -2.82. The van der Waals surface area contributed by atoms with Gasteiger partial charge in [-0.05, 0) is 26.0 Å². The minimum atomic E-state index is -0.346. The minimum absolute atomic E-state index is 0.101. The van der Waals surface area contributed by atoms with Crippen molar-refractivity contribution in [2.24, 2.45) is 0 Å². The highest BCUT2D eigenvalue weighted by Gasteiger charge is 2.28. The number of benzene rings is 2. The van der Waals surface area contributed by atoms with Crippen molar-refractivity contribution in [1.82, 2.24) is 9.55 Å². The number of anilines is 2. The van der Waals surface area contributed by atoms with Gasteiger partial charge in [0, 0.05) is 17.3 Å². The van der Waals surface area contributed by atoms with Crippen LogP contribution in [0.1, 0.15) is 23.0 Å². The van der Waals surface area contributed by atoms with E-state index in [1.165, 1.54) is 5.56 Å². The molecule has 0 saturated carbocycles. The normalized spacial score (nSPS) is 15.6. The number of fused-ring (bicyclic) bond motifs is 1. The molecular weight excluding hydrogens is 326 g/mol. The maximum Gasteiger partial charge on any atom is 0.357 e. The van der Waals surface area contributed by atoms with Gasteiger partial charge in [-0.15, -0.1) is 0 Å². The van der Waals surface area contributed by atoms with Crippen molar-refractivity contribution >= 4 is 17.6 Å². The van der Waals surface area contributed by atoms with Crippen LogP contribution in [0.15, 0.2) is 65.5 Å². The molecule has 3 aromatic rings. The fourth-order valence-corrected chi connectivity index (χ4v) is 3.01. The molecule has 0 unspecified atom stereocenters. The molecule has 0 aliphatic carbocycles. The fourth-order valence-electron chi connectivity index (χ4n) is 3.01. The highest BCUT2D eigenvalue weighted by atomic mass is 16.1. The van der Waals surface area contributed by atoms with Gasteiger partial charge in [-0.1, -0.05) is 48.0 Å². The first-order valence-corrected chi connectivity index (χ1v) is 8.49. The van der Waals surface area contributed by atoms with Gasteiger partial charge >= 0.3 is 5.96 Å². The maximum atomic E-state index is 12.6. The molecule has 1 aromatic heterocycles. The number of aryl methyl sites for hydroxylation is 2. The van der Waals surface area contributed by atoms with Crippen molar-refractivity contribution < 1.29 is 4.99 Å². The van der Waals surface area contributed by atoms with E-state index in [2.05, 4.69) is 27.5 Å². The molecular formula is C20H20N5O+.